The number of likely N-dealkylation sites (tertiary alicyclic amines) is 1. The van der Waals surface area contributed by atoms with E-state index in [4.69, 9.17) is 18.6 Å². The van der Waals surface area contributed by atoms with E-state index in [1.54, 1.807) is 19.6 Å². The molecular weight excluding hydrogens is 471 g/mol. The lowest BCUT2D eigenvalue weighted by Crippen LogP contribution is -2.40. The number of hydrogen-bond donors (Lipinski definition) is 2. The molecular formula is C20H31IN4O3. The fourth-order valence-corrected chi connectivity index (χ4v) is 3.30. The molecule has 2 N–H and O–H groups in total. The summed E-state index contributed by atoms with van der Waals surface area (Å²) in [6.07, 6.45) is 6.72. The molecule has 3 heterocycles. The molecule has 1 fully saturated rings. The Kier molecular flexibility index (Phi) is 10.4. The molecule has 28 heavy (non-hydrogen) atoms. The van der Waals surface area contributed by atoms with E-state index >= 15 is 0 Å². The van der Waals surface area contributed by atoms with Gasteiger partial charge in [-0.1, -0.05) is 0 Å². The van der Waals surface area contributed by atoms with E-state index in [1.165, 1.54) is 12.8 Å². The van der Waals surface area contributed by atoms with Crippen molar-refractivity contribution in [1.29, 1.82) is 0 Å². The largest absolute Gasteiger partial charge is 0.469 e. The van der Waals surface area contributed by atoms with Gasteiger partial charge in [0, 0.05) is 26.6 Å². The van der Waals surface area contributed by atoms with E-state index in [0.717, 1.165) is 43.5 Å². The molecule has 0 saturated carbocycles. The Morgan fingerprint density at radius 2 is 1.89 bits per heavy atom. The molecule has 1 aliphatic rings. The van der Waals surface area contributed by atoms with Gasteiger partial charge in [0.15, 0.2) is 5.96 Å². The molecule has 1 unspecified atom stereocenters. The maximum atomic E-state index is 5.68. The molecule has 0 radical (unpaired) electrons. The lowest BCUT2D eigenvalue weighted by molar-refractivity contribution is 0.203. The number of nitrogens with zero attached hydrogens (tertiary/aromatic N) is 2. The number of guanidine groups is 1. The number of nitrogens with one attached hydrogen (secondary N) is 2. The molecule has 0 aromatic carbocycles. The summed E-state index contributed by atoms with van der Waals surface area (Å²) in [5.41, 5.74) is 0. The molecule has 1 aliphatic heterocycles. The topological polar surface area (TPSA) is 75.2 Å². The van der Waals surface area contributed by atoms with Crippen LogP contribution in [0.5, 0.6) is 0 Å². The first-order valence-corrected chi connectivity index (χ1v) is 9.68. The Morgan fingerprint density at radius 3 is 2.57 bits per heavy atom. The monoisotopic (exact) mass is 502 g/mol. The van der Waals surface area contributed by atoms with Crippen molar-refractivity contribution in [2.45, 2.75) is 25.3 Å². The van der Waals surface area contributed by atoms with Crippen LogP contribution in [0.15, 0.2) is 50.6 Å². The zero-order valence-corrected chi connectivity index (χ0v) is 18.8. The first-order valence-electron chi connectivity index (χ1n) is 9.68. The highest BCUT2D eigenvalue weighted by Crippen LogP contribution is 2.25. The molecule has 1 saturated heterocycles. The minimum Gasteiger partial charge on any atom is -0.469 e. The van der Waals surface area contributed by atoms with Crippen LogP contribution in [0.3, 0.4) is 0 Å². The van der Waals surface area contributed by atoms with Gasteiger partial charge in [0.25, 0.3) is 0 Å². The van der Waals surface area contributed by atoms with Gasteiger partial charge in [-0.05, 0) is 50.2 Å². The average molecular weight is 502 g/mol. The number of furan rings is 2. The second-order valence-corrected chi connectivity index (χ2v) is 6.64. The number of rotatable bonds is 10. The predicted octanol–water partition coefficient (Wildman–Crippen LogP) is 3.05. The Labute approximate surface area is 183 Å². The second kappa shape index (κ2) is 12.8. The fourth-order valence-electron chi connectivity index (χ4n) is 3.30. The van der Waals surface area contributed by atoms with E-state index < -0.39 is 0 Å². The van der Waals surface area contributed by atoms with Gasteiger partial charge in [-0.2, -0.15) is 0 Å². The van der Waals surface area contributed by atoms with Crippen molar-refractivity contribution in [3.05, 3.63) is 48.3 Å². The zero-order valence-electron chi connectivity index (χ0n) is 16.4. The van der Waals surface area contributed by atoms with Gasteiger partial charge >= 0.3 is 0 Å². The first kappa shape index (κ1) is 22.8. The van der Waals surface area contributed by atoms with Crippen LogP contribution >= 0.6 is 24.0 Å². The molecule has 0 aliphatic carbocycles. The van der Waals surface area contributed by atoms with Crippen molar-refractivity contribution in [3.8, 4) is 0 Å². The van der Waals surface area contributed by atoms with Crippen molar-refractivity contribution in [3.63, 3.8) is 0 Å². The Balaban J connectivity index is 0.00000280. The molecule has 1 atom stereocenters. The normalized spacial score (nSPS) is 16.0. The summed E-state index contributed by atoms with van der Waals surface area (Å²) in [6, 6.07) is 8.05. The summed E-state index contributed by atoms with van der Waals surface area (Å²) in [7, 11) is 1.70. The van der Waals surface area contributed by atoms with Crippen LogP contribution in [0.25, 0.3) is 0 Å². The van der Waals surface area contributed by atoms with Crippen LogP contribution in [0.2, 0.25) is 0 Å². The van der Waals surface area contributed by atoms with Crippen molar-refractivity contribution >= 4 is 29.9 Å². The summed E-state index contributed by atoms with van der Waals surface area (Å²) in [5, 5.41) is 6.71. The maximum Gasteiger partial charge on any atom is 0.191 e. The Hall–Kier alpha value is -1.52. The minimum absolute atomic E-state index is 0. The summed E-state index contributed by atoms with van der Waals surface area (Å²) in [6.45, 7) is 4.93. The molecule has 0 spiro atoms. The standard InChI is InChI=1S/C20H30N4O3.HI/c1-25-15-10-22-20(21-9-8-17-6-4-13-26-17)23-16-18(19-7-5-14-27-19)24-11-2-3-12-24;/h4-7,13-14,18H,2-3,8-12,15-16H2,1H3,(H2,21,22,23);1H. The molecule has 8 heteroatoms. The third-order valence-corrected chi connectivity index (χ3v) is 4.72. The average Bonchev–Trinajstić information content (AvgIpc) is 3.45. The molecule has 0 amide bonds. The number of halogens is 1. The van der Waals surface area contributed by atoms with Gasteiger partial charge in [0.2, 0.25) is 0 Å². The molecule has 7 nitrogen and oxygen atoms in total. The van der Waals surface area contributed by atoms with Gasteiger partial charge < -0.3 is 24.2 Å². The van der Waals surface area contributed by atoms with E-state index in [1.807, 2.05) is 24.3 Å². The Morgan fingerprint density at radius 1 is 1.14 bits per heavy atom. The molecule has 0 bridgehead atoms. The van der Waals surface area contributed by atoms with Crippen LogP contribution in [-0.4, -0.2) is 57.3 Å². The van der Waals surface area contributed by atoms with E-state index in [-0.39, 0.29) is 30.0 Å². The number of hydrogen-bond acceptors (Lipinski definition) is 5. The SMILES string of the molecule is COCCNC(=NCC(c1ccco1)N1CCCC1)NCCc1ccco1.I. The van der Waals surface area contributed by atoms with Crippen LogP contribution < -0.4 is 10.6 Å². The van der Waals surface area contributed by atoms with Gasteiger partial charge in [-0.25, -0.2) is 0 Å². The minimum atomic E-state index is 0. The van der Waals surface area contributed by atoms with Crippen LogP contribution in [-0.2, 0) is 11.2 Å². The van der Waals surface area contributed by atoms with Crippen molar-refractivity contribution in [1.82, 2.24) is 15.5 Å². The van der Waals surface area contributed by atoms with Crippen molar-refractivity contribution in [2.75, 3.05) is 46.4 Å². The number of methoxy groups -OCH3 is 1. The van der Waals surface area contributed by atoms with Crippen molar-refractivity contribution in [2.24, 2.45) is 4.99 Å². The quantitative estimate of drug-likeness (QED) is 0.225. The number of ether oxygens (including phenoxy) is 1. The highest BCUT2D eigenvalue weighted by molar-refractivity contribution is 14.0. The van der Waals surface area contributed by atoms with Gasteiger partial charge in [0.05, 0.1) is 31.7 Å². The lowest BCUT2D eigenvalue weighted by atomic mass is 10.2. The third-order valence-electron chi connectivity index (χ3n) is 4.72. The summed E-state index contributed by atoms with van der Waals surface area (Å²) in [4.78, 5) is 7.28. The van der Waals surface area contributed by atoms with Gasteiger partial charge in [0.1, 0.15) is 11.5 Å². The number of aliphatic imine (C=N–C) groups is 1. The summed E-state index contributed by atoms with van der Waals surface area (Å²) < 4.78 is 16.2. The Bertz CT molecular complexity index is 655. The van der Waals surface area contributed by atoms with E-state index in [0.29, 0.717) is 19.7 Å². The highest BCUT2D eigenvalue weighted by atomic mass is 127. The molecule has 2 aromatic heterocycles. The molecule has 2 aromatic rings. The summed E-state index contributed by atoms with van der Waals surface area (Å²) >= 11 is 0. The van der Waals surface area contributed by atoms with E-state index in [9.17, 15) is 0 Å². The lowest BCUT2D eigenvalue weighted by Gasteiger charge is -2.24. The smallest absolute Gasteiger partial charge is 0.191 e. The third kappa shape index (κ3) is 7.14. The van der Waals surface area contributed by atoms with Crippen molar-refractivity contribution < 1.29 is 13.6 Å². The zero-order chi connectivity index (χ0) is 18.7. The molecule has 156 valence electrons. The summed E-state index contributed by atoms with van der Waals surface area (Å²) in [5.74, 6) is 2.73. The van der Waals surface area contributed by atoms with Gasteiger partial charge in [-0.3, -0.25) is 9.89 Å². The molecule has 3 rings (SSSR count). The highest BCUT2D eigenvalue weighted by Gasteiger charge is 2.25. The van der Waals surface area contributed by atoms with Crippen LogP contribution in [0.4, 0.5) is 0 Å². The van der Waals surface area contributed by atoms with Gasteiger partial charge in [-0.15, -0.1) is 24.0 Å². The predicted molar refractivity (Wildman–Crippen MR) is 120 cm³/mol. The van der Waals surface area contributed by atoms with E-state index in [2.05, 4.69) is 15.5 Å². The fraction of sp³-hybridized carbons (Fsp3) is 0.550. The first-order chi connectivity index (χ1) is 13.4. The van der Waals surface area contributed by atoms with Crippen LogP contribution in [0, 0.1) is 0 Å². The van der Waals surface area contributed by atoms with Crippen LogP contribution in [0.1, 0.15) is 30.4 Å². The second-order valence-electron chi connectivity index (χ2n) is 6.64. The maximum absolute atomic E-state index is 5.68.